The van der Waals surface area contributed by atoms with Crippen molar-refractivity contribution < 1.29 is 14.6 Å². The first-order chi connectivity index (χ1) is 15.6. The van der Waals surface area contributed by atoms with Crippen molar-refractivity contribution in [2.24, 2.45) is 0 Å². The average molecular weight is 444 g/mol. The molecule has 0 aliphatic rings. The molecule has 1 atom stereocenters. The van der Waals surface area contributed by atoms with Crippen LogP contribution >= 0.6 is 11.6 Å². The van der Waals surface area contributed by atoms with Crippen molar-refractivity contribution >= 4 is 23.2 Å². The van der Waals surface area contributed by atoms with Crippen LogP contribution < -0.4 is 10.1 Å². The fourth-order valence-corrected chi connectivity index (χ4v) is 3.58. The van der Waals surface area contributed by atoms with E-state index in [2.05, 4.69) is 5.32 Å². The molecule has 0 unspecified atom stereocenters. The normalized spacial score (nSPS) is 11.6. The number of halogens is 1. The highest BCUT2D eigenvalue weighted by Gasteiger charge is 2.17. The topological polar surface area (TPSA) is 58.6 Å². The molecule has 4 rings (SSSR count). The molecular weight excluding hydrogens is 422 g/mol. The van der Waals surface area contributed by atoms with Gasteiger partial charge in [0.05, 0.1) is 0 Å². The Kier molecular flexibility index (Phi) is 6.85. The molecule has 4 nitrogen and oxygen atoms in total. The fraction of sp³-hybridized carbons (Fsp3) is 0.0741. The summed E-state index contributed by atoms with van der Waals surface area (Å²) in [5, 5.41) is 14.1. The van der Waals surface area contributed by atoms with E-state index in [1.54, 1.807) is 18.2 Å². The van der Waals surface area contributed by atoms with Gasteiger partial charge in [0.15, 0.2) is 6.61 Å². The van der Waals surface area contributed by atoms with Crippen LogP contribution in [-0.4, -0.2) is 17.6 Å². The van der Waals surface area contributed by atoms with Gasteiger partial charge in [0, 0.05) is 16.3 Å². The molecule has 4 aromatic carbocycles. The van der Waals surface area contributed by atoms with Gasteiger partial charge in [-0.15, -0.1) is 0 Å². The van der Waals surface area contributed by atoms with Crippen LogP contribution in [0, 0.1) is 0 Å². The number of benzene rings is 4. The second-order valence-corrected chi connectivity index (χ2v) is 7.71. The summed E-state index contributed by atoms with van der Waals surface area (Å²) in [5.41, 5.74) is 3.90. The van der Waals surface area contributed by atoms with Crippen LogP contribution in [0.5, 0.6) is 5.75 Å². The van der Waals surface area contributed by atoms with Crippen molar-refractivity contribution in [3.05, 3.63) is 119 Å². The lowest BCUT2D eigenvalue weighted by Crippen LogP contribution is -2.21. The molecule has 1 amide bonds. The highest BCUT2D eigenvalue weighted by Crippen LogP contribution is 2.31. The molecular formula is C27H22ClNO3. The summed E-state index contributed by atoms with van der Waals surface area (Å²) in [4.78, 5) is 12.5. The first-order valence-corrected chi connectivity index (χ1v) is 10.6. The van der Waals surface area contributed by atoms with E-state index in [0.717, 1.165) is 11.1 Å². The smallest absolute Gasteiger partial charge is 0.262 e. The summed E-state index contributed by atoms with van der Waals surface area (Å²) >= 11 is 6.13. The molecule has 0 saturated carbocycles. The number of aliphatic hydroxyl groups excluding tert-OH is 1. The maximum Gasteiger partial charge on any atom is 0.262 e. The highest BCUT2D eigenvalue weighted by atomic mass is 35.5. The summed E-state index contributed by atoms with van der Waals surface area (Å²) in [6.45, 7) is -0.159. The second-order valence-electron chi connectivity index (χ2n) is 7.27. The fourth-order valence-electron chi connectivity index (χ4n) is 3.40. The molecule has 32 heavy (non-hydrogen) atoms. The molecule has 0 aliphatic carbocycles. The number of nitrogens with one attached hydrogen (secondary N) is 1. The van der Waals surface area contributed by atoms with Crippen LogP contribution in [0.1, 0.15) is 17.2 Å². The first kappa shape index (κ1) is 21.6. The van der Waals surface area contributed by atoms with E-state index in [1.165, 1.54) is 0 Å². The molecule has 2 N–H and O–H groups in total. The predicted octanol–water partition coefficient (Wildman–Crippen LogP) is 6.11. The monoisotopic (exact) mass is 443 g/mol. The SMILES string of the molecule is O=C(COc1ccc(-c2ccccc2)cc1)Nc1ccc(Cl)cc1[C@@H](O)c1ccccc1. The summed E-state index contributed by atoms with van der Waals surface area (Å²) in [6, 6.07) is 31.8. The number of carbonyl (C=O) groups excluding carboxylic acids is 1. The molecule has 0 bridgehead atoms. The van der Waals surface area contributed by atoms with Crippen molar-refractivity contribution in [3.63, 3.8) is 0 Å². The third kappa shape index (κ3) is 5.35. The summed E-state index contributed by atoms with van der Waals surface area (Å²) in [5.74, 6) is 0.265. The van der Waals surface area contributed by atoms with E-state index in [-0.39, 0.29) is 12.5 Å². The van der Waals surface area contributed by atoms with E-state index in [4.69, 9.17) is 16.3 Å². The van der Waals surface area contributed by atoms with Gasteiger partial charge in [-0.25, -0.2) is 0 Å². The van der Waals surface area contributed by atoms with Gasteiger partial charge in [0.25, 0.3) is 5.91 Å². The van der Waals surface area contributed by atoms with Gasteiger partial charge >= 0.3 is 0 Å². The number of aliphatic hydroxyl groups is 1. The van der Waals surface area contributed by atoms with E-state index < -0.39 is 6.10 Å². The number of hydrogen-bond donors (Lipinski definition) is 2. The lowest BCUT2D eigenvalue weighted by molar-refractivity contribution is -0.118. The number of amides is 1. The maximum absolute atomic E-state index is 12.5. The zero-order chi connectivity index (χ0) is 22.3. The summed E-state index contributed by atoms with van der Waals surface area (Å²) in [6.07, 6.45) is -0.920. The van der Waals surface area contributed by atoms with Crippen LogP contribution in [-0.2, 0) is 4.79 Å². The third-order valence-electron chi connectivity index (χ3n) is 5.03. The first-order valence-electron chi connectivity index (χ1n) is 10.2. The Balaban J connectivity index is 1.41. The van der Waals surface area contributed by atoms with E-state index >= 15 is 0 Å². The molecule has 0 aromatic heterocycles. The van der Waals surface area contributed by atoms with Crippen molar-refractivity contribution in [1.82, 2.24) is 0 Å². The standard InChI is InChI=1S/C27H22ClNO3/c28-22-13-16-25(24(17-22)27(31)21-9-5-2-6-10-21)29-26(30)18-32-23-14-11-20(12-15-23)19-7-3-1-4-8-19/h1-17,27,31H,18H2,(H,29,30)/t27-/m0/s1. The van der Waals surface area contributed by atoms with Crippen LogP contribution in [0.25, 0.3) is 11.1 Å². The molecule has 0 fully saturated rings. The Labute approximate surface area is 192 Å². The Morgan fingerprint density at radius 3 is 2.16 bits per heavy atom. The molecule has 0 spiro atoms. The van der Waals surface area contributed by atoms with Crippen molar-refractivity contribution in [3.8, 4) is 16.9 Å². The minimum absolute atomic E-state index is 0.159. The van der Waals surface area contributed by atoms with Crippen LogP contribution in [0.4, 0.5) is 5.69 Å². The lowest BCUT2D eigenvalue weighted by Gasteiger charge is -2.17. The van der Waals surface area contributed by atoms with Gasteiger partial charge in [-0.05, 0) is 47.0 Å². The largest absolute Gasteiger partial charge is 0.484 e. The minimum atomic E-state index is -0.920. The molecule has 0 aliphatic heterocycles. The quantitative estimate of drug-likeness (QED) is 0.362. The zero-order valence-electron chi connectivity index (χ0n) is 17.2. The van der Waals surface area contributed by atoms with Gasteiger partial charge in [-0.2, -0.15) is 0 Å². The summed E-state index contributed by atoms with van der Waals surface area (Å²) < 4.78 is 5.64. The molecule has 0 saturated heterocycles. The summed E-state index contributed by atoms with van der Waals surface area (Å²) in [7, 11) is 0. The zero-order valence-corrected chi connectivity index (χ0v) is 18.0. The number of anilines is 1. The number of carbonyl (C=O) groups is 1. The van der Waals surface area contributed by atoms with Crippen LogP contribution in [0.3, 0.4) is 0 Å². The van der Waals surface area contributed by atoms with Crippen molar-refractivity contribution in [2.75, 3.05) is 11.9 Å². The van der Waals surface area contributed by atoms with Gasteiger partial charge in [0.1, 0.15) is 11.9 Å². The number of hydrogen-bond acceptors (Lipinski definition) is 3. The van der Waals surface area contributed by atoms with Gasteiger partial charge < -0.3 is 15.2 Å². The Bertz CT molecular complexity index is 1180. The molecule has 0 radical (unpaired) electrons. The van der Waals surface area contributed by atoms with Gasteiger partial charge in [0.2, 0.25) is 0 Å². The van der Waals surface area contributed by atoms with Crippen molar-refractivity contribution in [1.29, 1.82) is 0 Å². The Morgan fingerprint density at radius 1 is 0.844 bits per heavy atom. The molecule has 5 heteroatoms. The van der Waals surface area contributed by atoms with Crippen LogP contribution in [0.2, 0.25) is 5.02 Å². The van der Waals surface area contributed by atoms with E-state index in [1.807, 2.05) is 84.9 Å². The van der Waals surface area contributed by atoms with Crippen LogP contribution in [0.15, 0.2) is 103 Å². The molecule has 4 aromatic rings. The number of rotatable bonds is 7. The van der Waals surface area contributed by atoms with Crippen molar-refractivity contribution in [2.45, 2.75) is 6.10 Å². The maximum atomic E-state index is 12.5. The number of ether oxygens (including phenoxy) is 1. The highest BCUT2D eigenvalue weighted by molar-refractivity contribution is 6.30. The van der Waals surface area contributed by atoms with E-state index in [9.17, 15) is 9.90 Å². The second kappa shape index (κ2) is 10.1. The predicted molar refractivity (Wildman–Crippen MR) is 128 cm³/mol. The van der Waals surface area contributed by atoms with Gasteiger partial charge in [-0.1, -0.05) is 84.4 Å². The average Bonchev–Trinajstić information content (AvgIpc) is 2.85. The molecule has 160 valence electrons. The Hall–Kier alpha value is -3.60. The third-order valence-corrected chi connectivity index (χ3v) is 5.26. The lowest BCUT2D eigenvalue weighted by atomic mass is 10.00. The molecule has 0 heterocycles. The van der Waals surface area contributed by atoms with E-state index in [0.29, 0.717) is 27.6 Å². The minimum Gasteiger partial charge on any atom is -0.484 e. The Morgan fingerprint density at radius 2 is 1.47 bits per heavy atom. The van der Waals surface area contributed by atoms with Gasteiger partial charge in [-0.3, -0.25) is 4.79 Å².